The minimum Gasteiger partial charge on any atom is -0.454 e. The van der Waals surface area contributed by atoms with Gasteiger partial charge in [-0.05, 0) is 43.7 Å². The first-order valence-electron chi connectivity index (χ1n) is 9.23. The molecule has 0 aliphatic carbocycles. The summed E-state index contributed by atoms with van der Waals surface area (Å²) in [5.74, 6) is 0.382. The van der Waals surface area contributed by atoms with E-state index < -0.39 is 11.9 Å². The van der Waals surface area contributed by atoms with Gasteiger partial charge in [0.1, 0.15) is 0 Å². The van der Waals surface area contributed by atoms with Crippen molar-refractivity contribution in [3.63, 3.8) is 0 Å². The first-order chi connectivity index (χ1) is 14.0. The number of aryl methyl sites for hydroxylation is 1. The molecule has 1 amide bonds. The largest absolute Gasteiger partial charge is 0.454 e. The maximum atomic E-state index is 12.5. The Morgan fingerprint density at radius 3 is 2.79 bits per heavy atom. The van der Waals surface area contributed by atoms with Gasteiger partial charge in [-0.1, -0.05) is 24.3 Å². The van der Waals surface area contributed by atoms with Gasteiger partial charge in [0, 0.05) is 11.1 Å². The van der Waals surface area contributed by atoms with Gasteiger partial charge in [0.25, 0.3) is 5.91 Å². The summed E-state index contributed by atoms with van der Waals surface area (Å²) in [5, 5.41) is 3.51. The molecule has 1 aromatic heterocycles. The van der Waals surface area contributed by atoms with E-state index in [0.717, 1.165) is 5.56 Å². The highest BCUT2D eigenvalue weighted by Crippen LogP contribution is 2.34. The number of amides is 1. The van der Waals surface area contributed by atoms with Gasteiger partial charge >= 0.3 is 5.97 Å². The second-order valence-corrected chi connectivity index (χ2v) is 6.81. The Hall–Kier alpha value is -3.61. The summed E-state index contributed by atoms with van der Waals surface area (Å²) in [4.78, 5) is 29.2. The van der Waals surface area contributed by atoms with Crippen molar-refractivity contribution >= 4 is 22.8 Å². The lowest BCUT2D eigenvalue weighted by Gasteiger charge is -2.15. The summed E-state index contributed by atoms with van der Waals surface area (Å²) in [7, 11) is 0. The zero-order valence-electron chi connectivity index (χ0n) is 16.1. The molecule has 3 aromatic rings. The summed E-state index contributed by atoms with van der Waals surface area (Å²) >= 11 is 0. The monoisotopic (exact) mass is 392 g/mol. The van der Waals surface area contributed by atoms with E-state index in [1.807, 2.05) is 44.2 Å². The second kappa shape index (κ2) is 7.79. The molecule has 0 saturated carbocycles. The third-order valence-electron chi connectivity index (χ3n) is 4.67. The molecule has 0 radical (unpaired) electrons. The van der Waals surface area contributed by atoms with Gasteiger partial charge in [0.15, 0.2) is 18.1 Å². The molecule has 0 bridgehead atoms. The molecule has 1 aliphatic rings. The quantitative estimate of drug-likeness (QED) is 0.671. The van der Waals surface area contributed by atoms with Crippen molar-refractivity contribution in [2.24, 2.45) is 0 Å². The van der Waals surface area contributed by atoms with E-state index in [4.69, 9.17) is 14.2 Å². The lowest BCUT2D eigenvalue weighted by molar-refractivity contribution is -0.124. The molecule has 0 spiro atoms. The fourth-order valence-corrected chi connectivity index (χ4v) is 3.23. The van der Waals surface area contributed by atoms with E-state index in [-0.39, 0.29) is 19.4 Å². The number of nitrogens with zero attached hydrogens (tertiary/aromatic N) is 1. The fourth-order valence-electron chi connectivity index (χ4n) is 3.23. The van der Waals surface area contributed by atoms with E-state index in [2.05, 4.69) is 10.3 Å². The van der Waals surface area contributed by atoms with E-state index in [1.54, 1.807) is 18.2 Å². The number of esters is 1. The van der Waals surface area contributed by atoms with Crippen LogP contribution in [0.2, 0.25) is 0 Å². The van der Waals surface area contributed by atoms with Gasteiger partial charge < -0.3 is 19.5 Å². The van der Waals surface area contributed by atoms with Crippen LogP contribution in [0.3, 0.4) is 0 Å². The van der Waals surface area contributed by atoms with Gasteiger partial charge in [-0.15, -0.1) is 0 Å². The third kappa shape index (κ3) is 3.99. The van der Waals surface area contributed by atoms with E-state index in [0.29, 0.717) is 33.7 Å². The highest BCUT2D eigenvalue weighted by Gasteiger charge is 2.18. The number of rotatable bonds is 5. The van der Waals surface area contributed by atoms with Crippen LogP contribution in [-0.2, 0) is 9.53 Å². The Bertz CT molecular complexity index is 1100. The number of para-hydroxylation sites is 1. The van der Waals surface area contributed by atoms with Crippen LogP contribution in [0.15, 0.2) is 48.5 Å². The van der Waals surface area contributed by atoms with Gasteiger partial charge in [-0.2, -0.15) is 0 Å². The number of ether oxygens (including phenoxy) is 3. The summed E-state index contributed by atoms with van der Waals surface area (Å²) in [6.07, 6.45) is 0. The van der Waals surface area contributed by atoms with Crippen LogP contribution in [0.1, 0.15) is 34.6 Å². The van der Waals surface area contributed by atoms with Crippen molar-refractivity contribution in [2.45, 2.75) is 19.9 Å². The Labute approximate surface area is 167 Å². The van der Waals surface area contributed by atoms with Gasteiger partial charge in [-0.25, -0.2) is 4.79 Å². The van der Waals surface area contributed by atoms with Gasteiger partial charge in [0.2, 0.25) is 6.79 Å². The lowest BCUT2D eigenvalue weighted by atomic mass is 10.1. The maximum absolute atomic E-state index is 12.5. The minimum absolute atomic E-state index is 0.193. The van der Waals surface area contributed by atoms with Crippen molar-refractivity contribution in [1.82, 2.24) is 10.3 Å². The van der Waals surface area contributed by atoms with Crippen LogP contribution < -0.4 is 14.8 Å². The molecule has 0 saturated heterocycles. The summed E-state index contributed by atoms with van der Waals surface area (Å²) in [5.41, 5.74) is 2.67. The zero-order chi connectivity index (χ0) is 20.4. The minimum atomic E-state index is -0.558. The Balaban J connectivity index is 1.39. The molecule has 29 heavy (non-hydrogen) atoms. The Morgan fingerprint density at radius 1 is 1.14 bits per heavy atom. The van der Waals surface area contributed by atoms with Crippen molar-refractivity contribution in [3.05, 3.63) is 65.4 Å². The van der Waals surface area contributed by atoms with Crippen LogP contribution in [-0.4, -0.2) is 30.3 Å². The molecule has 0 fully saturated rings. The molecule has 148 valence electrons. The highest BCUT2D eigenvalue weighted by molar-refractivity contribution is 6.04. The summed E-state index contributed by atoms with van der Waals surface area (Å²) in [6.45, 7) is 3.47. The number of benzene rings is 2. The number of aromatic nitrogens is 1. The van der Waals surface area contributed by atoms with E-state index >= 15 is 0 Å². The number of nitrogens with one attached hydrogen (secondary N) is 1. The molecular formula is C22H20N2O5. The number of carbonyl (C=O) groups excluding carboxylic acids is 2. The van der Waals surface area contributed by atoms with Gasteiger partial charge in [-0.3, -0.25) is 9.78 Å². The Morgan fingerprint density at radius 2 is 1.93 bits per heavy atom. The van der Waals surface area contributed by atoms with Crippen LogP contribution >= 0.6 is 0 Å². The molecule has 4 rings (SSSR count). The molecule has 1 atom stereocenters. The molecule has 7 nitrogen and oxygen atoms in total. The summed E-state index contributed by atoms with van der Waals surface area (Å²) < 4.78 is 15.9. The number of hydrogen-bond acceptors (Lipinski definition) is 6. The standard InChI is InChI=1S/C22H20N2O5/c1-13-9-17(16-5-3-4-6-18(16)23-13)22(26)27-11-21(25)24-14(2)15-7-8-19-20(10-15)29-12-28-19/h3-10,14H,11-12H2,1-2H3,(H,24,25). The van der Waals surface area contributed by atoms with Gasteiger partial charge in [0.05, 0.1) is 17.1 Å². The Kier molecular flexibility index (Phi) is 5.03. The summed E-state index contributed by atoms with van der Waals surface area (Å²) in [6, 6.07) is 14.2. The number of pyridine rings is 1. The van der Waals surface area contributed by atoms with Crippen molar-refractivity contribution in [3.8, 4) is 11.5 Å². The average molecular weight is 392 g/mol. The molecule has 2 aromatic carbocycles. The maximum Gasteiger partial charge on any atom is 0.339 e. The number of fused-ring (bicyclic) bond motifs is 2. The van der Waals surface area contributed by atoms with Crippen molar-refractivity contribution in [2.75, 3.05) is 13.4 Å². The normalized spacial score (nSPS) is 13.2. The smallest absolute Gasteiger partial charge is 0.339 e. The van der Waals surface area contributed by atoms with Crippen LogP contribution in [0.25, 0.3) is 10.9 Å². The van der Waals surface area contributed by atoms with Crippen molar-refractivity contribution < 1.29 is 23.8 Å². The van der Waals surface area contributed by atoms with Crippen LogP contribution in [0, 0.1) is 6.92 Å². The molecule has 1 aliphatic heterocycles. The topological polar surface area (TPSA) is 86.8 Å². The molecule has 1 N–H and O–H groups in total. The lowest BCUT2D eigenvalue weighted by Crippen LogP contribution is -2.31. The van der Waals surface area contributed by atoms with E-state index in [9.17, 15) is 9.59 Å². The number of hydrogen-bond donors (Lipinski definition) is 1. The predicted octanol–water partition coefficient (Wildman–Crippen LogP) is 3.31. The first-order valence-corrected chi connectivity index (χ1v) is 9.23. The molecule has 2 heterocycles. The third-order valence-corrected chi connectivity index (χ3v) is 4.67. The molecular weight excluding hydrogens is 372 g/mol. The fraction of sp³-hybridized carbons (Fsp3) is 0.227. The average Bonchev–Trinajstić information content (AvgIpc) is 3.19. The molecule has 1 unspecified atom stereocenters. The number of carbonyl (C=O) groups is 2. The predicted molar refractivity (Wildman–Crippen MR) is 106 cm³/mol. The highest BCUT2D eigenvalue weighted by atomic mass is 16.7. The van der Waals surface area contributed by atoms with Crippen LogP contribution in [0.4, 0.5) is 0 Å². The zero-order valence-corrected chi connectivity index (χ0v) is 16.1. The van der Waals surface area contributed by atoms with Crippen LogP contribution in [0.5, 0.6) is 11.5 Å². The van der Waals surface area contributed by atoms with E-state index in [1.165, 1.54) is 0 Å². The van der Waals surface area contributed by atoms with Crippen molar-refractivity contribution in [1.29, 1.82) is 0 Å². The molecule has 7 heteroatoms. The second-order valence-electron chi connectivity index (χ2n) is 6.81. The first kappa shape index (κ1) is 18.7. The SMILES string of the molecule is Cc1cc(C(=O)OCC(=O)NC(C)c2ccc3c(c2)OCO3)c2ccccc2n1.